The molecule has 0 aromatic carbocycles. The van der Waals surface area contributed by atoms with Crippen molar-refractivity contribution in [3.05, 3.63) is 0 Å². The van der Waals surface area contributed by atoms with Gasteiger partial charge in [-0.1, -0.05) is 0 Å². The molecule has 2 heteroatoms. The van der Waals surface area contributed by atoms with Crippen molar-refractivity contribution in [1.29, 1.82) is 0 Å². The van der Waals surface area contributed by atoms with Crippen LogP contribution < -0.4 is 0 Å². The average molecular weight is 184 g/mol. The largest absolute Gasteiger partial charge is 0.393 e. The molecule has 0 bridgehead atoms. The lowest BCUT2D eigenvalue weighted by atomic mass is 10.1. The summed E-state index contributed by atoms with van der Waals surface area (Å²) in [7, 11) is 1.69. The Bertz CT molecular complexity index is 167. The fourth-order valence-corrected chi connectivity index (χ4v) is 1.05. The normalized spacial score (nSPS) is 14.5. The second kappa shape index (κ2) is 8.10. The Kier molecular flexibility index (Phi) is 7.77. The molecule has 0 heterocycles. The van der Waals surface area contributed by atoms with Crippen LogP contribution in [0.2, 0.25) is 0 Å². The topological polar surface area (TPSA) is 29.5 Å². The summed E-state index contributed by atoms with van der Waals surface area (Å²) in [5.41, 5.74) is 0. The average Bonchev–Trinajstić information content (AvgIpc) is 2.14. The highest BCUT2D eigenvalue weighted by Gasteiger charge is 2.06. The van der Waals surface area contributed by atoms with E-state index in [-0.39, 0.29) is 12.2 Å². The molecule has 0 aromatic rings. The predicted octanol–water partition coefficient (Wildman–Crippen LogP) is 1.97. The number of ether oxygens (including phenoxy) is 1. The lowest BCUT2D eigenvalue weighted by Gasteiger charge is -2.12. The van der Waals surface area contributed by atoms with Gasteiger partial charge in [-0.2, -0.15) is 0 Å². The fourth-order valence-electron chi connectivity index (χ4n) is 1.05. The van der Waals surface area contributed by atoms with Crippen molar-refractivity contribution in [2.75, 3.05) is 7.11 Å². The van der Waals surface area contributed by atoms with Gasteiger partial charge in [-0.3, -0.25) is 0 Å². The molecule has 2 nitrogen and oxygen atoms in total. The molecular weight excluding hydrogens is 164 g/mol. The smallest absolute Gasteiger partial charge is 0.0550 e. The van der Waals surface area contributed by atoms with Crippen molar-refractivity contribution in [2.45, 2.75) is 51.7 Å². The zero-order chi connectivity index (χ0) is 10.1. The van der Waals surface area contributed by atoms with Crippen molar-refractivity contribution < 1.29 is 9.84 Å². The maximum absolute atomic E-state index is 9.50. The highest BCUT2D eigenvalue weighted by Crippen LogP contribution is 2.07. The maximum Gasteiger partial charge on any atom is 0.0550 e. The third kappa shape index (κ3) is 7.83. The quantitative estimate of drug-likeness (QED) is 0.639. The molecule has 0 aliphatic carbocycles. The summed E-state index contributed by atoms with van der Waals surface area (Å²) in [5.74, 6) is 5.75. The van der Waals surface area contributed by atoms with Crippen LogP contribution in [0.25, 0.3) is 0 Å². The van der Waals surface area contributed by atoms with Crippen LogP contribution in [0.1, 0.15) is 39.5 Å². The monoisotopic (exact) mass is 184 g/mol. The van der Waals surface area contributed by atoms with Crippen LogP contribution in [0.5, 0.6) is 0 Å². The van der Waals surface area contributed by atoms with Gasteiger partial charge in [0.15, 0.2) is 0 Å². The minimum Gasteiger partial charge on any atom is -0.393 e. The van der Waals surface area contributed by atoms with E-state index >= 15 is 0 Å². The number of hydrogen-bond acceptors (Lipinski definition) is 2. The van der Waals surface area contributed by atoms with E-state index in [1.54, 1.807) is 7.11 Å². The molecule has 0 spiro atoms. The molecule has 2 unspecified atom stereocenters. The standard InChI is InChI=1S/C11H20O2/c1-4-5-6-7-11(12)9-8-10(2)13-3/h10-12H,6-9H2,1-3H3. The number of aliphatic hydroxyl groups is 1. The summed E-state index contributed by atoms with van der Waals surface area (Å²) in [6, 6.07) is 0. The second-order valence-corrected chi connectivity index (χ2v) is 3.24. The Hall–Kier alpha value is -0.520. The Balaban J connectivity index is 3.37. The van der Waals surface area contributed by atoms with Gasteiger partial charge in [0.2, 0.25) is 0 Å². The van der Waals surface area contributed by atoms with Crippen molar-refractivity contribution in [3.63, 3.8) is 0 Å². The highest BCUT2D eigenvalue weighted by atomic mass is 16.5. The van der Waals surface area contributed by atoms with E-state index in [4.69, 9.17) is 4.74 Å². The molecular formula is C11H20O2. The van der Waals surface area contributed by atoms with Crippen LogP contribution in [0.3, 0.4) is 0 Å². The minimum atomic E-state index is -0.224. The van der Waals surface area contributed by atoms with E-state index in [2.05, 4.69) is 11.8 Å². The van der Waals surface area contributed by atoms with Crippen LogP contribution in [0.15, 0.2) is 0 Å². The molecule has 1 N–H and O–H groups in total. The number of rotatable bonds is 6. The maximum atomic E-state index is 9.50. The van der Waals surface area contributed by atoms with Gasteiger partial charge >= 0.3 is 0 Å². The molecule has 0 rings (SSSR count). The summed E-state index contributed by atoms with van der Waals surface area (Å²) in [5, 5.41) is 9.50. The van der Waals surface area contributed by atoms with Crippen LogP contribution in [0.4, 0.5) is 0 Å². The first-order chi connectivity index (χ1) is 6.20. The van der Waals surface area contributed by atoms with E-state index in [0.29, 0.717) is 0 Å². The molecule has 0 radical (unpaired) electrons. The van der Waals surface area contributed by atoms with Gasteiger partial charge in [0.05, 0.1) is 12.2 Å². The van der Waals surface area contributed by atoms with Crippen molar-refractivity contribution in [1.82, 2.24) is 0 Å². The SMILES string of the molecule is CC#CCCC(O)CCC(C)OC. The minimum absolute atomic E-state index is 0.224. The molecule has 2 atom stereocenters. The molecule has 0 fully saturated rings. The Labute approximate surface area is 81.3 Å². The van der Waals surface area contributed by atoms with E-state index in [0.717, 1.165) is 25.7 Å². The summed E-state index contributed by atoms with van der Waals surface area (Å²) < 4.78 is 5.09. The van der Waals surface area contributed by atoms with E-state index in [1.807, 2.05) is 13.8 Å². The summed E-state index contributed by atoms with van der Waals surface area (Å²) in [4.78, 5) is 0. The molecule has 0 saturated heterocycles. The molecule has 76 valence electrons. The van der Waals surface area contributed by atoms with Crippen molar-refractivity contribution in [3.8, 4) is 11.8 Å². The third-order valence-corrected chi connectivity index (χ3v) is 2.09. The first-order valence-corrected chi connectivity index (χ1v) is 4.81. The molecule has 13 heavy (non-hydrogen) atoms. The van der Waals surface area contributed by atoms with E-state index < -0.39 is 0 Å². The van der Waals surface area contributed by atoms with Crippen LogP contribution in [-0.4, -0.2) is 24.4 Å². The molecule has 0 aliphatic rings. The lowest BCUT2D eigenvalue weighted by molar-refractivity contribution is 0.0830. The summed E-state index contributed by atoms with van der Waals surface area (Å²) >= 11 is 0. The second-order valence-electron chi connectivity index (χ2n) is 3.24. The Morgan fingerprint density at radius 3 is 2.54 bits per heavy atom. The first-order valence-electron chi connectivity index (χ1n) is 4.81. The van der Waals surface area contributed by atoms with E-state index in [1.165, 1.54) is 0 Å². The van der Waals surface area contributed by atoms with Gasteiger partial charge in [0.25, 0.3) is 0 Å². The van der Waals surface area contributed by atoms with Crippen LogP contribution in [0, 0.1) is 11.8 Å². The fraction of sp³-hybridized carbons (Fsp3) is 0.818. The molecule has 0 aromatic heterocycles. The predicted molar refractivity (Wildman–Crippen MR) is 54.4 cm³/mol. The first kappa shape index (κ1) is 12.5. The molecule has 0 saturated carbocycles. The van der Waals surface area contributed by atoms with Gasteiger partial charge in [-0.05, 0) is 33.1 Å². The Morgan fingerprint density at radius 2 is 2.00 bits per heavy atom. The third-order valence-electron chi connectivity index (χ3n) is 2.09. The lowest BCUT2D eigenvalue weighted by Crippen LogP contribution is -2.12. The number of aliphatic hydroxyl groups excluding tert-OH is 1. The highest BCUT2D eigenvalue weighted by molar-refractivity contribution is 4.94. The molecule has 0 aliphatic heterocycles. The summed E-state index contributed by atoms with van der Waals surface area (Å²) in [6.45, 7) is 3.83. The number of methoxy groups -OCH3 is 1. The van der Waals surface area contributed by atoms with Crippen molar-refractivity contribution >= 4 is 0 Å². The van der Waals surface area contributed by atoms with Crippen molar-refractivity contribution in [2.24, 2.45) is 0 Å². The van der Waals surface area contributed by atoms with Gasteiger partial charge in [-0.25, -0.2) is 0 Å². The van der Waals surface area contributed by atoms with Gasteiger partial charge in [-0.15, -0.1) is 11.8 Å². The van der Waals surface area contributed by atoms with Gasteiger partial charge in [0, 0.05) is 13.5 Å². The van der Waals surface area contributed by atoms with Crippen LogP contribution in [-0.2, 0) is 4.74 Å². The molecule has 0 amide bonds. The van der Waals surface area contributed by atoms with Gasteiger partial charge in [0.1, 0.15) is 0 Å². The summed E-state index contributed by atoms with van der Waals surface area (Å²) in [6.07, 6.45) is 3.30. The number of hydrogen-bond donors (Lipinski definition) is 1. The Morgan fingerprint density at radius 1 is 1.31 bits per heavy atom. The van der Waals surface area contributed by atoms with Gasteiger partial charge < -0.3 is 9.84 Å². The zero-order valence-electron chi connectivity index (χ0n) is 8.84. The van der Waals surface area contributed by atoms with Crippen LogP contribution >= 0.6 is 0 Å². The van der Waals surface area contributed by atoms with E-state index in [9.17, 15) is 5.11 Å². The zero-order valence-corrected chi connectivity index (χ0v) is 8.84.